The zero-order valence-electron chi connectivity index (χ0n) is 11.1. The van der Waals surface area contributed by atoms with Gasteiger partial charge in [-0.25, -0.2) is 0 Å². The third-order valence-corrected chi connectivity index (χ3v) is 3.71. The summed E-state index contributed by atoms with van der Waals surface area (Å²) in [4.78, 5) is 0. The van der Waals surface area contributed by atoms with Crippen molar-refractivity contribution in [1.82, 2.24) is 15.5 Å². The standard InChI is InChI=1S/C14H19N3S/c1-4-11-7-5-6-8-12(11)14-17-16-13(18-14)9-15-10(2)3/h5-8,10,15H,4,9H2,1-3H3. The number of nitrogens with one attached hydrogen (secondary N) is 1. The average Bonchev–Trinajstić information content (AvgIpc) is 2.85. The number of nitrogens with zero attached hydrogens (tertiary/aromatic N) is 2. The first kappa shape index (κ1) is 13.2. The van der Waals surface area contributed by atoms with Crippen molar-refractivity contribution in [3.63, 3.8) is 0 Å². The van der Waals surface area contributed by atoms with E-state index in [-0.39, 0.29) is 0 Å². The van der Waals surface area contributed by atoms with Gasteiger partial charge in [0.2, 0.25) is 0 Å². The maximum absolute atomic E-state index is 4.30. The van der Waals surface area contributed by atoms with Gasteiger partial charge in [-0.1, -0.05) is 56.4 Å². The van der Waals surface area contributed by atoms with E-state index in [1.54, 1.807) is 11.3 Å². The van der Waals surface area contributed by atoms with E-state index in [4.69, 9.17) is 0 Å². The van der Waals surface area contributed by atoms with Gasteiger partial charge in [0, 0.05) is 18.2 Å². The fourth-order valence-electron chi connectivity index (χ4n) is 1.76. The van der Waals surface area contributed by atoms with E-state index >= 15 is 0 Å². The Bertz CT molecular complexity index is 505. The van der Waals surface area contributed by atoms with Gasteiger partial charge in [0.1, 0.15) is 10.0 Å². The lowest BCUT2D eigenvalue weighted by molar-refractivity contribution is 0.585. The van der Waals surface area contributed by atoms with Crippen molar-refractivity contribution in [2.24, 2.45) is 0 Å². The molecule has 3 nitrogen and oxygen atoms in total. The van der Waals surface area contributed by atoms with Crippen LogP contribution in [0.5, 0.6) is 0 Å². The summed E-state index contributed by atoms with van der Waals surface area (Å²) in [5.41, 5.74) is 2.55. The molecule has 96 valence electrons. The summed E-state index contributed by atoms with van der Waals surface area (Å²) in [5, 5.41) is 14.0. The Morgan fingerprint density at radius 3 is 2.72 bits per heavy atom. The van der Waals surface area contributed by atoms with Crippen molar-refractivity contribution < 1.29 is 0 Å². The first-order valence-corrected chi connectivity index (χ1v) is 7.16. The van der Waals surface area contributed by atoms with Gasteiger partial charge in [0.15, 0.2) is 0 Å². The zero-order valence-corrected chi connectivity index (χ0v) is 11.9. The highest BCUT2D eigenvalue weighted by Gasteiger charge is 2.09. The molecule has 0 saturated carbocycles. The smallest absolute Gasteiger partial charge is 0.148 e. The monoisotopic (exact) mass is 261 g/mol. The molecule has 0 spiro atoms. The van der Waals surface area contributed by atoms with Gasteiger partial charge in [-0.2, -0.15) is 0 Å². The summed E-state index contributed by atoms with van der Waals surface area (Å²) >= 11 is 1.67. The lowest BCUT2D eigenvalue weighted by Gasteiger charge is -2.04. The molecule has 0 saturated heterocycles. The minimum Gasteiger partial charge on any atom is -0.308 e. The molecule has 2 aromatic rings. The largest absolute Gasteiger partial charge is 0.308 e. The molecule has 0 radical (unpaired) electrons. The third-order valence-electron chi connectivity index (χ3n) is 2.76. The molecule has 1 N–H and O–H groups in total. The molecule has 0 aliphatic rings. The van der Waals surface area contributed by atoms with Crippen molar-refractivity contribution in [2.75, 3.05) is 0 Å². The molecule has 4 heteroatoms. The number of aryl methyl sites for hydroxylation is 1. The van der Waals surface area contributed by atoms with Gasteiger partial charge in [0.25, 0.3) is 0 Å². The molecule has 0 atom stereocenters. The van der Waals surface area contributed by atoms with Crippen LogP contribution in [0.2, 0.25) is 0 Å². The van der Waals surface area contributed by atoms with E-state index < -0.39 is 0 Å². The second-order valence-electron chi connectivity index (χ2n) is 4.55. The molecule has 0 unspecified atom stereocenters. The number of rotatable bonds is 5. The van der Waals surface area contributed by atoms with Crippen molar-refractivity contribution in [3.05, 3.63) is 34.8 Å². The lowest BCUT2D eigenvalue weighted by Crippen LogP contribution is -2.21. The predicted octanol–water partition coefficient (Wildman–Crippen LogP) is 3.27. The Morgan fingerprint density at radius 1 is 1.22 bits per heavy atom. The Balaban J connectivity index is 2.18. The van der Waals surface area contributed by atoms with Crippen LogP contribution in [0.3, 0.4) is 0 Å². The fraction of sp³-hybridized carbons (Fsp3) is 0.429. The zero-order chi connectivity index (χ0) is 13.0. The Morgan fingerprint density at radius 2 is 2.00 bits per heavy atom. The van der Waals surface area contributed by atoms with Crippen LogP contribution < -0.4 is 5.32 Å². The molecule has 0 aliphatic carbocycles. The SMILES string of the molecule is CCc1ccccc1-c1nnc(CNC(C)C)s1. The van der Waals surface area contributed by atoms with Crippen molar-refractivity contribution in [1.29, 1.82) is 0 Å². The summed E-state index contributed by atoms with van der Waals surface area (Å²) in [5.74, 6) is 0. The Hall–Kier alpha value is -1.26. The molecule has 1 aromatic heterocycles. The van der Waals surface area contributed by atoms with E-state index in [0.29, 0.717) is 6.04 Å². The van der Waals surface area contributed by atoms with Crippen LogP contribution in [0.25, 0.3) is 10.6 Å². The summed E-state index contributed by atoms with van der Waals surface area (Å²) < 4.78 is 0. The molecular formula is C14H19N3S. The molecular weight excluding hydrogens is 242 g/mol. The highest BCUT2D eigenvalue weighted by molar-refractivity contribution is 7.14. The number of benzene rings is 1. The van der Waals surface area contributed by atoms with Crippen LogP contribution in [0.15, 0.2) is 24.3 Å². The van der Waals surface area contributed by atoms with Crippen molar-refractivity contribution in [2.45, 2.75) is 39.8 Å². The van der Waals surface area contributed by atoms with Crippen molar-refractivity contribution >= 4 is 11.3 Å². The first-order valence-electron chi connectivity index (χ1n) is 6.34. The van der Waals surface area contributed by atoms with Crippen LogP contribution >= 0.6 is 11.3 Å². The lowest BCUT2D eigenvalue weighted by atomic mass is 10.1. The van der Waals surface area contributed by atoms with E-state index in [0.717, 1.165) is 23.0 Å². The highest BCUT2D eigenvalue weighted by atomic mass is 32.1. The van der Waals surface area contributed by atoms with Crippen LogP contribution in [0.4, 0.5) is 0 Å². The average molecular weight is 261 g/mol. The van der Waals surface area contributed by atoms with Crippen LogP contribution in [0, 0.1) is 0 Å². The van der Waals surface area contributed by atoms with E-state index in [1.807, 2.05) is 0 Å². The minimum atomic E-state index is 0.472. The fourth-order valence-corrected chi connectivity index (χ4v) is 2.61. The van der Waals surface area contributed by atoms with E-state index in [1.165, 1.54) is 11.1 Å². The van der Waals surface area contributed by atoms with Gasteiger partial charge in [-0.15, -0.1) is 10.2 Å². The highest BCUT2D eigenvalue weighted by Crippen LogP contribution is 2.27. The van der Waals surface area contributed by atoms with Gasteiger partial charge in [-0.3, -0.25) is 0 Å². The molecule has 1 heterocycles. The molecule has 0 bridgehead atoms. The van der Waals surface area contributed by atoms with Gasteiger partial charge in [-0.05, 0) is 12.0 Å². The van der Waals surface area contributed by atoms with E-state index in [9.17, 15) is 0 Å². The molecule has 0 amide bonds. The molecule has 18 heavy (non-hydrogen) atoms. The normalized spacial score (nSPS) is 11.1. The van der Waals surface area contributed by atoms with Gasteiger partial charge < -0.3 is 5.32 Å². The van der Waals surface area contributed by atoms with Gasteiger partial charge >= 0.3 is 0 Å². The minimum absolute atomic E-state index is 0.472. The van der Waals surface area contributed by atoms with Crippen LogP contribution in [0.1, 0.15) is 31.3 Å². The number of hydrogen-bond acceptors (Lipinski definition) is 4. The molecule has 2 rings (SSSR count). The van der Waals surface area contributed by atoms with Crippen LogP contribution in [-0.4, -0.2) is 16.2 Å². The number of hydrogen-bond donors (Lipinski definition) is 1. The second-order valence-corrected chi connectivity index (χ2v) is 5.61. The second kappa shape index (κ2) is 6.07. The van der Waals surface area contributed by atoms with Gasteiger partial charge in [0.05, 0.1) is 0 Å². The molecule has 0 aliphatic heterocycles. The maximum atomic E-state index is 4.30. The summed E-state index contributed by atoms with van der Waals surface area (Å²) in [6.45, 7) is 7.23. The molecule has 0 fully saturated rings. The Kier molecular flexibility index (Phi) is 4.44. The van der Waals surface area contributed by atoms with Crippen LogP contribution in [-0.2, 0) is 13.0 Å². The van der Waals surface area contributed by atoms with Crippen molar-refractivity contribution in [3.8, 4) is 10.6 Å². The Labute approximate surface area is 112 Å². The topological polar surface area (TPSA) is 37.8 Å². The first-order chi connectivity index (χ1) is 8.70. The summed E-state index contributed by atoms with van der Waals surface area (Å²) in [6, 6.07) is 8.88. The maximum Gasteiger partial charge on any atom is 0.148 e. The summed E-state index contributed by atoms with van der Waals surface area (Å²) in [6.07, 6.45) is 1.02. The third kappa shape index (κ3) is 3.15. The quantitative estimate of drug-likeness (QED) is 0.897. The molecule has 1 aromatic carbocycles. The number of aromatic nitrogens is 2. The van der Waals surface area contributed by atoms with E-state index in [2.05, 4.69) is 60.6 Å². The predicted molar refractivity (Wildman–Crippen MR) is 76.7 cm³/mol. The summed E-state index contributed by atoms with van der Waals surface area (Å²) in [7, 11) is 0.